The number of nitrogens with one attached hydrogen (secondary N) is 2. The van der Waals surface area contributed by atoms with Crippen molar-refractivity contribution < 1.29 is 32.0 Å². The van der Waals surface area contributed by atoms with Crippen molar-refractivity contribution in [3.63, 3.8) is 0 Å². The Balaban J connectivity index is 1.20. The van der Waals surface area contributed by atoms with Gasteiger partial charge >= 0.3 is 0 Å². The number of primary amides is 1. The number of aromatic nitrogens is 2. The maximum atomic E-state index is 15.9. The van der Waals surface area contributed by atoms with E-state index >= 15 is 4.39 Å². The highest BCUT2D eigenvalue weighted by Gasteiger charge is 2.72. The number of hydrogen-bond donors (Lipinski definition) is 3. The molecule has 1 saturated heterocycles. The van der Waals surface area contributed by atoms with Gasteiger partial charge in [0.15, 0.2) is 11.5 Å². The molecular weight excluding hydrogens is 713 g/mol. The third-order valence-electron chi connectivity index (χ3n) is 10.4. The van der Waals surface area contributed by atoms with Gasteiger partial charge in [-0.15, -0.1) is 0 Å². The SMILES string of the molecule is CC1C2N(C(=O)Cn3nc(C(N)=O)c4ccc(C(=O)NS(=O)(=O)C5CC5)cc43)[C@H](C(=O)Nc3cccc(-c4ccccc4Cl)c3F)C[C@]12CN(C)C. The maximum Gasteiger partial charge on any atom is 0.269 e. The minimum absolute atomic E-state index is 0.0263. The maximum absolute atomic E-state index is 15.9. The molecule has 4 N–H and O–H groups in total. The number of hydrogen-bond acceptors (Lipinski definition) is 8. The number of sulfonamides is 1. The fourth-order valence-electron chi connectivity index (χ4n) is 7.80. The minimum Gasteiger partial charge on any atom is -0.364 e. The van der Waals surface area contributed by atoms with E-state index in [1.54, 1.807) is 36.4 Å². The fourth-order valence-corrected chi connectivity index (χ4v) is 9.33. The molecule has 52 heavy (non-hydrogen) atoms. The molecular formula is C36H37ClFN7O6S. The smallest absolute Gasteiger partial charge is 0.269 e. The molecule has 4 aromatic rings. The van der Waals surface area contributed by atoms with E-state index in [9.17, 15) is 27.6 Å². The highest BCUT2D eigenvalue weighted by molar-refractivity contribution is 7.91. The quantitative estimate of drug-likeness (QED) is 0.208. The summed E-state index contributed by atoms with van der Waals surface area (Å²) in [5.41, 5.74) is 5.84. The highest BCUT2D eigenvalue weighted by Crippen LogP contribution is 2.64. The number of amides is 4. The van der Waals surface area contributed by atoms with E-state index in [1.165, 1.54) is 33.8 Å². The molecule has 3 aromatic carbocycles. The molecule has 3 aliphatic rings. The summed E-state index contributed by atoms with van der Waals surface area (Å²) in [7, 11) is -0.0163. The summed E-state index contributed by atoms with van der Waals surface area (Å²) in [5.74, 6) is -3.43. The molecule has 0 radical (unpaired) electrons. The molecule has 1 aromatic heterocycles. The lowest BCUT2D eigenvalue weighted by Gasteiger charge is -2.28. The Morgan fingerprint density at radius 2 is 1.77 bits per heavy atom. The summed E-state index contributed by atoms with van der Waals surface area (Å²) >= 11 is 6.34. The lowest BCUT2D eigenvalue weighted by atomic mass is 9.95. The largest absolute Gasteiger partial charge is 0.364 e. The molecule has 272 valence electrons. The second-order valence-corrected chi connectivity index (χ2v) is 16.5. The first-order valence-corrected chi connectivity index (χ1v) is 18.7. The zero-order valence-electron chi connectivity index (χ0n) is 28.6. The van der Waals surface area contributed by atoms with Crippen LogP contribution in [0.15, 0.2) is 60.7 Å². The predicted octanol–water partition coefficient (Wildman–Crippen LogP) is 3.62. The van der Waals surface area contributed by atoms with Gasteiger partial charge in [0.25, 0.3) is 11.8 Å². The van der Waals surface area contributed by atoms with Gasteiger partial charge < -0.3 is 20.9 Å². The lowest BCUT2D eigenvalue weighted by Crippen LogP contribution is -2.47. The number of fused-ring (bicyclic) bond motifs is 2. The van der Waals surface area contributed by atoms with Crippen molar-refractivity contribution in [2.45, 2.75) is 50.1 Å². The van der Waals surface area contributed by atoms with Crippen LogP contribution in [0.25, 0.3) is 22.0 Å². The van der Waals surface area contributed by atoms with Gasteiger partial charge in [0.1, 0.15) is 12.6 Å². The monoisotopic (exact) mass is 749 g/mol. The van der Waals surface area contributed by atoms with E-state index in [0.717, 1.165) is 0 Å². The van der Waals surface area contributed by atoms with E-state index in [-0.39, 0.29) is 45.4 Å². The van der Waals surface area contributed by atoms with Crippen LogP contribution >= 0.6 is 11.6 Å². The Morgan fingerprint density at radius 1 is 1.06 bits per heavy atom. The Morgan fingerprint density at radius 3 is 2.44 bits per heavy atom. The Bertz CT molecular complexity index is 2280. The van der Waals surface area contributed by atoms with Crippen LogP contribution in [-0.2, 0) is 26.2 Å². The molecule has 0 bridgehead atoms. The van der Waals surface area contributed by atoms with Gasteiger partial charge in [-0.2, -0.15) is 5.10 Å². The van der Waals surface area contributed by atoms with Gasteiger partial charge in [-0.1, -0.05) is 48.9 Å². The molecule has 16 heteroatoms. The average Bonchev–Trinajstić information content (AvgIpc) is 3.95. The van der Waals surface area contributed by atoms with Crippen molar-refractivity contribution in [3.05, 3.63) is 82.8 Å². The first kappa shape index (κ1) is 35.5. The van der Waals surface area contributed by atoms with Crippen molar-refractivity contribution in [2.24, 2.45) is 17.1 Å². The number of benzene rings is 3. The topological polar surface area (TPSA) is 177 Å². The summed E-state index contributed by atoms with van der Waals surface area (Å²) in [6.45, 7) is 2.18. The first-order valence-electron chi connectivity index (χ1n) is 16.8. The molecule has 3 fully saturated rings. The van der Waals surface area contributed by atoms with Crippen LogP contribution in [0.1, 0.15) is 47.0 Å². The van der Waals surface area contributed by atoms with Crippen LogP contribution < -0.4 is 15.8 Å². The molecule has 0 spiro atoms. The standard InChI is InChI=1S/C36H37ClFN7O6S/c1-19-32-36(19,18-43(2)3)16-28(35(49)40-26-10-6-8-23(30(26)38)22-7-4-5-9-25(22)37)45(32)29(46)17-44-27-15-20(11-14-24(27)31(41-44)33(39)47)34(48)42-52(50,51)21-12-13-21/h4-11,14-15,19,21,28,32H,12-13,16-18H2,1-3H3,(H2,39,47)(H,40,49)(H,42,48)/t19?,28-,32?,36-/m0/s1. The summed E-state index contributed by atoms with van der Waals surface area (Å²) in [4.78, 5) is 57.3. The van der Waals surface area contributed by atoms with Crippen LogP contribution in [0, 0.1) is 17.2 Å². The first-order chi connectivity index (χ1) is 24.6. The predicted molar refractivity (Wildman–Crippen MR) is 192 cm³/mol. The number of piperidine rings is 1. The zero-order valence-corrected chi connectivity index (χ0v) is 30.2. The van der Waals surface area contributed by atoms with Crippen molar-refractivity contribution >= 4 is 61.8 Å². The van der Waals surface area contributed by atoms with Gasteiger partial charge in [-0.3, -0.25) is 23.9 Å². The Labute approximate surface area is 304 Å². The van der Waals surface area contributed by atoms with Crippen molar-refractivity contribution in [1.82, 2.24) is 24.3 Å². The van der Waals surface area contributed by atoms with Crippen molar-refractivity contribution in [3.8, 4) is 11.1 Å². The molecule has 1 aliphatic heterocycles. The minimum atomic E-state index is -3.84. The molecule has 2 aliphatic carbocycles. The number of anilines is 1. The summed E-state index contributed by atoms with van der Waals surface area (Å²) in [5, 5.41) is 7.00. The van der Waals surface area contributed by atoms with E-state index in [0.29, 0.717) is 36.4 Å². The van der Waals surface area contributed by atoms with E-state index in [4.69, 9.17) is 17.3 Å². The van der Waals surface area contributed by atoms with Gasteiger partial charge in [0, 0.05) is 45.1 Å². The number of carbonyl (C=O) groups is 4. The van der Waals surface area contributed by atoms with Crippen LogP contribution in [0.4, 0.5) is 10.1 Å². The molecule has 13 nitrogen and oxygen atoms in total. The third kappa shape index (κ3) is 6.20. The highest BCUT2D eigenvalue weighted by atomic mass is 35.5. The number of halogens is 2. The summed E-state index contributed by atoms with van der Waals surface area (Å²) in [6.07, 6.45) is 1.26. The number of likely N-dealkylation sites (tertiary alicyclic amines) is 1. The lowest BCUT2D eigenvalue weighted by molar-refractivity contribution is -0.138. The van der Waals surface area contributed by atoms with E-state index < -0.39 is 62.7 Å². The average molecular weight is 750 g/mol. The van der Waals surface area contributed by atoms with Crippen LogP contribution in [0.3, 0.4) is 0 Å². The zero-order chi connectivity index (χ0) is 37.3. The second-order valence-electron chi connectivity index (χ2n) is 14.1. The molecule has 4 atom stereocenters. The number of carbonyl (C=O) groups excluding carboxylic acids is 4. The van der Waals surface area contributed by atoms with Crippen LogP contribution in [0.5, 0.6) is 0 Å². The van der Waals surface area contributed by atoms with Crippen LogP contribution in [-0.4, -0.2) is 89.6 Å². The number of nitrogens with two attached hydrogens (primary N) is 1. The normalized spacial score (nSPS) is 22.3. The third-order valence-corrected chi connectivity index (χ3v) is 12.6. The fraction of sp³-hybridized carbons (Fsp3) is 0.361. The Hall–Kier alpha value is -4.86. The van der Waals surface area contributed by atoms with Gasteiger partial charge in [0.05, 0.1) is 16.5 Å². The van der Waals surface area contributed by atoms with E-state index in [2.05, 4.69) is 15.1 Å². The Kier molecular flexibility index (Phi) is 8.86. The van der Waals surface area contributed by atoms with Crippen LogP contribution in [0.2, 0.25) is 5.02 Å². The van der Waals surface area contributed by atoms with Gasteiger partial charge in [-0.25, -0.2) is 17.5 Å². The number of rotatable bonds is 11. The molecule has 2 heterocycles. The number of nitrogens with zero attached hydrogens (tertiary/aromatic N) is 4. The summed E-state index contributed by atoms with van der Waals surface area (Å²) in [6, 6.07) is 14.2. The summed E-state index contributed by atoms with van der Waals surface area (Å²) < 4.78 is 44.1. The second kappa shape index (κ2) is 13.0. The van der Waals surface area contributed by atoms with Crippen molar-refractivity contribution in [1.29, 1.82) is 0 Å². The van der Waals surface area contributed by atoms with Gasteiger partial charge in [0.2, 0.25) is 21.8 Å². The van der Waals surface area contributed by atoms with Crippen molar-refractivity contribution in [2.75, 3.05) is 26.0 Å². The van der Waals surface area contributed by atoms with E-state index in [1.807, 2.05) is 25.9 Å². The molecule has 2 unspecified atom stereocenters. The molecule has 7 rings (SSSR count). The molecule has 2 saturated carbocycles. The van der Waals surface area contributed by atoms with Gasteiger partial charge in [-0.05, 0) is 69.6 Å². The molecule has 4 amide bonds.